The summed E-state index contributed by atoms with van der Waals surface area (Å²) in [5.41, 5.74) is 3.33. The average molecular weight is 397 g/mol. The Morgan fingerprint density at radius 1 is 1.14 bits per heavy atom. The van der Waals surface area contributed by atoms with E-state index in [1.54, 1.807) is 9.58 Å². The van der Waals surface area contributed by atoms with Crippen molar-refractivity contribution in [3.8, 4) is 0 Å². The van der Waals surface area contributed by atoms with E-state index >= 15 is 0 Å². The summed E-state index contributed by atoms with van der Waals surface area (Å²) in [6, 6.07) is 9.35. The Kier molecular flexibility index (Phi) is 5.41. The Morgan fingerprint density at radius 2 is 1.79 bits per heavy atom. The molecule has 2 atom stereocenters. The van der Waals surface area contributed by atoms with Crippen molar-refractivity contribution in [1.29, 1.82) is 0 Å². The fraction of sp³-hybridized carbons (Fsp3) is 0.500. The van der Waals surface area contributed by atoms with Crippen LogP contribution in [0, 0.1) is 19.8 Å². The van der Waals surface area contributed by atoms with Gasteiger partial charge in [-0.25, -0.2) is 4.79 Å². The number of nitrogens with zero attached hydrogens (tertiary/aromatic N) is 3. The highest BCUT2D eigenvalue weighted by Crippen LogP contribution is 2.35. The van der Waals surface area contributed by atoms with E-state index in [1.165, 1.54) is 0 Å². The van der Waals surface area contributed by atoms with E-state index in [-0.39, 0.29) is 36.5 Å². The number of carbonyl (C=O) groups is 2. The highest BCUT2D eigenvalue weighted by Gasteiger charge is 2.45. The van der Waals surface area contributed by atoms with Crippen molar-refractivity contribution in [2.24, 2.45) is 13.0 Å². The third kappa shape index (κ3) is 3.79. The monoisotopic (exact) mass is 397 g/mol. The molecule has 2 saturated heterocycles. The number of ether oxygens (including phenoxy) is 2. The SMILES string of the molecule is Cc1nn(C)c(C)c1C(=O)C1CC2COCC(C1)N2C(=O)OCc1ccccc1. The lowest BCUT2D eigenvalue weighted by Crippen LogP contribution is -2.60. The van der Waals surface area contributed by atoms with Crippen LogP contribution in [0.1, 0.15) is 40.2 Å². The van der Waals surface area contributed by atoms with Crippen LogP contribution >= 0.6 is 0 Å². The summed E-state index contributed by atoms with van der Waals surface area (Å²) in [4.78, 5) is 27.8. The summed E-state index contributed by atoms with van der Waals surface area (Å²) >= 11 is 0. The van der Waals surface area contributed by atoms with Gasteiger partial charge in [-0.15, -0.1) is 0 Å². The summed E-state index contributed by atoms with van der Waals surface area (Å²) in [6.45, 7) is 4.91. The molecule has 2 bridgehead atoms. The molecule has 2 aromatic rings. The van der Waals surface area contributed by atoms with E-state index in [1.807, 2.05) is 51.2 Å². The molecule has 2 fully saturated rings. The number of Topliss-reactive ketones (excluding diaryl/α,β-unsaturated/α-hetero) is 1. The number of morpholine rings is 1. The van der Waals surface area contributed by atoms with Gasteiger partial charge in [0.05, 0.1) is 36.6 Å². The molecule has 29 heavy (non-hydrogen) atoms. The molecular weight excluding hydrogens is 370 g/mol. The van der Waals surface area contributed by atoms with Gasteiger partial charge in [0.2, 0.25) is 0 Å². The molecule has 1 aromatic carbocycles. The van der Waals surface area contributed by atoms with Gasteiger partial charge in [-0.05, 0) is 32.3 Å². The zero-order valence-electron chi connectivity index (χ0n) is 17.1. The summed E-state index contributed by atoms with van der Waals surface area (Å²) in [6.07, 6.45) is 0.847. The molecule has 154 valence electrons. The van der Waals surface area contributed by atoms with Gasteiger partial charge in [-0.3, -0.25) is 14.4 Å². The smallest absolute Gasteiger partial charge is 0.410 e. The van der Waals surface area contributed by atoms with Crippen LogP contribution < -0.4 is 0 Å². The van der Waals surface area contributed by atoms with Crippen LogP contribution in [0.3, 0.4) is 0 Å². The molecule has 7 nitrogen and oxygen atoms in total. The van der Waals surface area contributed by atoms with Crippen molar-refractivity contribution in [3.05, 3.63) is 52.8 Å². The maximum absolute atomic E-state index is 13.2. The third-order valence-electron chi connectivity index (χ3n) is 6.06. The minimum Gasteiger partial charge on any atom is -0.445 e. The molecule has 2 aliphatic heterocycles. The van der Waals surface area contributed by atoms with Gasteiger partial charge in [0, 0.05) is 18.7 Å². The average Bonchev–Trinajstić information content (AvgIpc) is 2.97. The topological polar surface area (TPSA) is 73.7 Å². The molecule has 0 aliphatic carbocycles. The first-order valence-corrected chi connectivity index (χ1v) is 10.1. The quantitative estimate of drug-likeness (QED) is 0.742. The Balaban J connectivity index is 1.46. The molecule has 2 aliphatic rings. The van der Waals surface area contributed by atoms with Gasteiger partial charge in [0.25, 0.3) is 0 Å². The predicted molar refractivity (Wildman–Crippen MR) is 107 cm³/mol. The second-order valence-electron chi connectivity index (χ2n) is 7.99. The molecule has 0 saturated carbocycles. The molecule has 3 heterocycles. The lowest BCUT2D eigenvalue weighted by Gasteiger charge is -2.47. The van der Waals surface area contributed by atoms with Crippen LogP contribution in [0.25, 0.3) is 0 Å². The van der Waals surface area contributed by atoms with Gasteiger partial charge in [-0.2, -0.15) is 5.10 Å². The van der Waals surface area contributed by atoms with Crippen LogP contribution in [-0.4, -0.2) is 51.9 Å². The zero-order valence-corrected chi connectivity index (χ0v) is 17.1. The van der Waals surface area contributed by atoms with E-state index in [9.17, 15) is 9.59 Å². The molecule has 1 amide bonds. The highest BCUT2D eigenvalue weighted by molar-refractivity contribution is 6.00. The second-order valence-corrected chi connectivity index (χ2v) is 7.99. The largest absolute Gasteiger partial charge is 0.445 e. The minimum atomic E-state index is -0.327. The van der Waals surface area contributed by atoms with E-state index in [0.29, 0.717) is 26.1 Å². The van der Waals surface area contributed by atoms with Crippen LogP contribution in [0.5, 0.6) is 0 Å². The standard InChI is InChI=1S/C22H27N3O4/c1-14-20(15(2)24(3)23-14)21(26)17-9-18-12-28-13-19(10-17)25(18)22(27)29-11-16-7-5-4-6-8-16/h4-8,17-19H,9-13H2,1-3H3. The van der Waals surface area contributed by atoms with Crippen LogP contribution in [-0.2, 0) is 23.1 Å². The Hall–Kier alpha value is -2.67. The number of hydrogen-bond acceptors (Lipinski definition) is 5. The minimum absolute atomic E-state index is 0.127. The number of aromatic nitrogens is 2. The van der Waals surface area contributed by atoms with E-state index < -0.39 is 0 Å². The maximum Gasteiger partial charge on any atom is 0.410 e. The number of hydrogen-bond donors (Lipinski definition) is 0. The normalized spacial score (nSPS) is 23.7. The fourth-order valence-electron chi connectivity index (χ4n) is 4.56. The van der Waals surface area contributed by atoms with Crippen molar-refractivity contribution in [3.63, 3.8) is 0 Å². The molecule has 7 heteroatoms. The fourth-order valence-corrected chi connectivity index (χ4v) is 4.56. The Bertz CT molecular complexity index is 894. The van der Waals surface area contributed by atoms with Crippen LogP contribution in [0.4, 0.5) is 4.79 Å². The van der Waals surface area contributed by atoms with Gasteiger partial charge in [-0.1, -0.05) is 30.3 Å². The molecule has 0 radical (unpaired) electrons. The van der Waals surface area contributed by atoms with Crippen molar-refractivity contribution in [2.75, 3.05) is 13.2 Å². The van der Waals surface area contributed by atoms with Crippen molar-refractivity contribution in [2.45, 2.75) is 45.4 Å². The van der Waals surface area contributed by atoms with Crippen molar-refractivity contribution < 1.29 is 19.1 Å². The van der Waals surface area contributed by atoms with E-state index in [0.717, 1.165) is 22.5 Å². The number of fused-ring (bicyclic) bond motifs is 2. The number of rotatable bonds is 4. The number of carbonyl (C=O) groups excluding carboxylic acids is 2. The maximum atomic E-state index is 13.2. The predicted octanol–water partition coefficient (Wildman–Crippen LogP) is 3.04. The Morgan fingerprint density at radius 3 is 2.38 bits per heavy atom. The van der Waals surface area contributed by atoms with Gasteiger partial charge in [0.1, 0.15) is 6.61 Å². The van der Waals surface area contributed by atoms with Gasteiger partial charge < -0.3 is 9.47 Å². The number of amides is 1. The summed E-state index contributed by atoms with van der Waals surface area (Å²) in [7, 11) is 1.85. The summed E-state index contributed by atoms with van der Waals surface area (Å²) < 4.78 is 13.0. The highest BCUT2D eigenvalue weighted by atomic mass is 16.6. The molecular formula is C22H27N3O4. The number of ketones is 1. The zero-order chi connectivity index (χ0) is 20.5. The van der Waals surface area contributed by atoms with Gasteiger partial charge >= 0.3 is 6.09 Å². The van der Waals surface area contributed by atoms with E-state index in [4.69, 9.17) is 9.47 Å². The van der Waals surface area contributed by atoms with Crippen LogP contribution in [0.2, 0.25) is 0 Å². The first-order valence-electron chi connectivity index (χ1n) is 10.1. The van der Waals surface area contributed by atoms with Gasteiger partial charge in [0.15, 0.2) is 5.78 Å². The molecule has 0 spiro atoms. The molecule has 2 unspecified atom stereocenters. The summed E-state index contributed by atoms with van der Waals surface area (Å²) in [5, 5.41) is 4.38. The van der Waals surface area contributed by atoms with Crippen molar-refractivity contribution in [1.82, 2.24) is 14.7 Å². The first kappa shape index (κ1) is 19.6. The lowest BCUT2D eigenvalue weighted by molar-refractivity contribution is -0.0755. The molecule has 0 N–H and O–H groups in total. The number of aryl methyl sites for hydroxylation is 2. The second kappa shape index (κ2) is 7.99. The third-order valence-corrected chi connectivity index (χ3v) is 6.06. The van der Waals surface area contributed by atoms with E-state index in [2.05, 4.69) is 5.10 Å². The number of benzene rings is 1. The summed E-state index contributed by atoms with van der Waals surface area (Å²) in [5.74, 6) is -0.00373. The lowest BCUT2D eigenvalue weighted by atomic mass is 9.80. The van der Waals surface area contributed by atoms with Crippen molar-refractivity contribution >= 4 is 11.9 Å². The first-order chi connectivity index (χ1) is 14.0. The van der Waals surface area contributed by atoms with Crippen LogP contribution in [0.15, 0.2) is 30.3 Å². The Labute approximate surface area is 170 Å². The number of piperidine rings is 1. The molecule has 1 aromatic heterocycles. The molecule has 4 rings (SSSR count).